The molecule has 0 aromatic carbocycles. The first-order valence-electron chi connectivity index (χ1n) is 6.74. The zero-order chi connectivity index (χ0) is 13.8. The van der Waals surface area contributed by atoms with Gasteiger partial charge in [0.15, 0.2) is 0 Å². The number of carbonyl (C=O) groups excluding carboxylic acids is 2. The van der Waals surface area contributed by atoms with Gasteiger partial charge in [0.2, 0.25) is 5.91 Å². The summed E-state index contributed by atoms with van der Waals surface area (Å²) in [6.45, 7) is 5.91. The van der Waals surface area contributed by atoms with Crippen LogP contribution in [-0.4, -0.2) is 41.5 Å². The summed E-state index contributed by atoms with van der Waals surface area (Å²) in [6, 6.07) is 0.169. The third-order valence-electron chi connectivity index (χ3n) is 3.54. The molecule has 0 atom stereocenters. The van der Waals surface area contributed by atoms with Crippen molar-refractivity contribution in [3.63, 3.8) is 0 Å². The lowest BCUT2D eigenvalue weighted by Gasteiger charge is -2.32. The quantitative estimate of drug-likeness (QED) is 0.691. The number of rotatable bonds is 7. The summed E-state index contributed by atoms with van der Waals surface area (Å²) < 4.78 is 4.91. The summed E-state index contributed by atoms with van der Waals surface area (Å²) in [5.41, 5.74) is 5.26. The zero-order valence-electron chi connectivity index (χ0n) is 11.6. The van der Waals surface area contributed by atoms with Crippen LogP contribution in [0.15, 0.2) is 0 Å². The summed E-state index contributed by atoms with van der Waals surface area (Å²) in [4.78, 5) is 25.6. The number of esters is 1. The molecule has 0 saturated heterocycles. The lowest BCUT2D eigenvalue weighted by Crippen LogP contribution is -2.56. The summed E-state index contributed by atoms with van der Waals surface area (Å²) in [5.74, 6) is -0.477. The van der Waals surface area contributed by atoms with Gasteiger partial charge in [0.05, 0.1) is 12.1 Å². The first kappa shape index (κ1) is 15.0. The van der Waals surface area contributed by atoms with E-state index in [1.54, 1.807) is 11.8 Å². The molecule has 1 saturated carbocycles. The normalized spacial score (nSPS) is 15.3. The second-order valence-corrected chi connectivity index (χ2v) is 4.83. The molecule has 0 spiro atoms. The van der Waals surface area contributed by atoms with Crippen LogP contribution in [0.1, 0.15) is 46.5 Å². The van der Waals surface area contributed by atoms with Crippen LogP contribution in [0, 0.1) is 0 Å². The van der Waals surface area contributed by atoms with Crippen LogP contribution in [0.4, 0.5) is 0 Å². The average Bonchev–Trinajstić information content (AvgIpc) is 3.18. The molecule has 0 bridgehead atoms. The lowest BCUT2D eigenvalue weighted by atomic mass is 9.92. The molecule has 2 N–H and O–H groups in total. The van der Waals surface area contributed by atoms with Crippen molar-refractivity contribution in [2.45, 2.75) is 58.0 Å². The number of nitrogens with two attached hydrogens (primary N) is 1. The van der Waals surface area contributed by atoms with E-state index in [0.29, 0.717) is 19.4 Å². The van der Waals surface area contributed by atoms with Crippen molar-refractivity contribution in [3.8, 4) is 0 Å². The maximum atomic E-state index is 12.4. The fraction of sp³-hybridized carbons (Fsp3) is 0.846. The van der Waals surface area contributed by atoms with Gasteiger partial charge in [0.1, 0.15) is 6.54 Å². The van der Waals surface area contributed by atoms with Crippen molar-refractivity contribution in [2.24, 2.45) is 5.73 Å². The van der Waals surface area contributed by atoms with Gasteiger partial charge in [0.25, 0.3) is 0 Å². The number of carbonyl (C=O) groups is 2. The molecule has 18 heavy (non-hydrogen) atoms. The molecule has 1 rings (SSSR count). The zero-order valence-corrected chi connectivity index (χ0v) is 11.6. The maximum Gasteiger partial charge on any atom is 0.325 e. The summed E-state index contributed by atoms with van der Waals surface area (Å²) in [5, 5.41) is 0. The minimum atomic E-state index is -0.852. The van der Waals surface area contributed by atoms with Crippen LogP contribution in [0.2, 0.25) is 0 Å². The lowest BCUT2D eigenvalue weighted by molar-refractivity contribution is -0.151. The molecule has 0 aromatic rings. The van der Waals surface area contributed by atoms with E-state index < -0.39 is 5.54 Å². The van der Waals surface area contributed by atoms with Crippen molar-refractivity contribution in [2.75, 3.05) is 13.2 Å². The predicted molar refractivity (Wildman–Crippen MR) is 68.9 cm³/mol. The molecule has 0 aliphatic heterocycles. The highest BCUT2D eigenvalue weighted by Gasteiger charge is 2.41. The third kappa shape index (κ3) is 3.45. The Morgan fingerprint density at radius 3 is 2.22 bits per heavy atom. The van der Waals surface area contributed by atoms with Crippen molar-refractivity contribution in [3.05, 3.63) is 0 Å². The molecule has 0 radical (unpaired) electrons. The number of nitrogens with zero attached hydrogens (tertiary/aromatic N) is 1. The Morgan fingerprint density at radius 1 is 1.28 bits per heavy atom. The molecule has 0 aromatic heterocycles. The van der Waals surface area contributed by atoms with Crippen LogP contribution in [0.5, 0.6) is 0 Å². The van der Waals surface area contributed by atoms with Crippen LogP contribution in [0.25, 0.3) is 0 Å². The molecule has 1 aliphatic carbocycles. The molecule has 5 heteroatoms. The topological polar surface area (TPSA) is 72.6 Å². The molecule has 1 amide bonds. The summed E-state index contributed by atoms with van der Waals surface area (Å²) in [7, 11) is 0. The molecule has 5 nitrogen and oxygen atoms in total. The molecule has 0 heterocycles. The van der Waals surface area contributed by atoms with Gasteiger partial charge < -0.3 is 15.4 Å². The fourth-order valence-corrected chi connectivity index (χ4v) is 1.94. The SMILES string of the molecule is CCOC(=O)CN(C(=O)C(N)(CC)CC)C1CC1. The molecule has 1 aliphatic rings. The number of hydrogen-bond donors (Lipinski definition) is 1. The van der Waals surface area contributed by atoms with Crippen LogP contribution >= 0.6 is 0 Å². The summed E-state index contributed by atoms with van der Waals surface area (Å²) >= 11 is 0. The molecule has 104 valence electrons. The highest BCUT2D eigenvalue weighted by molar-refractivity contribution is 5.89. The maximum absolute atomic E-state index is 12.4. The monoisotopic (exact) mass is 256 g/mol. The Kier molecular flexibility index (Phi) is 5.14. The third-order valence-corrected chi connectivity index (χ3v) is 3.54. The highest BCUT2D eigenvalue weighted by Crippen LogP contribution is 2.29. The average molecular weight is 256 g/mol. The van der Waals surface area contributed by atoms with Gasteiger partial charge >= 0.3 is 5.97 Å². The smallest absolute Gasteiger partial charge is 0.325 e. The first-order valence-corrected chi connectivity index (χ1v) is 6.74. The number of amides is 1. The minimum absolute atomic E-state index is 0.0241. The standard InChI is InChI=1S/C13H24N2O3/c1-4-13(14,5-2)12(17)15(10-7-8-10)9-11(16)18-6-3/h10H,4-9,14H2,1-3H3. The van der Waals surface area contributed by atoms with E-state index in [-0.39, 0.29) is 24.5 Å². The van der Waals surface area contributed by atoms with E-state index in [1.165, 1.54) is 0 Å². The summed E-state index contributed by atoms with van der Waals surface area (Å²) in [6.07, 6.45) is 3.06. The van der Waals surface area contributed by atoms with E-state index in [0.717, 1.165) is 12.8 Å². The van der Waals surface area contributed by atoms with E-state index in [4.69, 9.17) is 10.5 Å². The predicted octanol–water partition coefficient (Wildman–Crippen LogP) is 1.06. The number of hydrogen-bond acceptors (Lipinski definition) is 4. The van der Waals surface area contributed by atoms with Gasteiger partial charge in [-0.05, 0) is 32.6 Å². The van der Waals surface area contributed by atoms with Crippen molar-refractivity contribution >= 4 is 11.9 Å². The Morgan fingerprint density at radius 2 is 1.83 bits per heavy atom. The largest absolute Gasteiger partial charge is 0.465 e. The second-order valence-electron chi connectivity index (χ2n) is 4.83. The molecule has 1 fully saturated rings. The Bertz CT molecular complexity index is 309. The minimum Gasteiger partial charge on any atom is -0.465 e. The van der Waals surface area contributed by atoms with E-state index in [9.17, 15) is 9.59 Å². The van der Waals surface area contributed by atoms with Crippen LogP contribution < -0.4 is 5.73 Å². The fourth-order valence-electron chi connectivity index (χ4n) is 1.94. The van der Waals surface area contributed by atoms with E-state index in [2.05, 4.69) is 0 Å². The molecule has 0 unspecified atom stereocenters. The number of ether oxygens (including phenoxy) is 1. The molecular weight excluding hydrogens is 232 g/mol. The Balaban J connectivity index is 2.72. The van der Waals surface area contributed by atoms with E-state index >= 15 is 0 Å². The Hall–Kier alpha value is -1.10. The second kappa shape index (κ2) is 6.18. The first-order chi connectivity index (χ1) is 8.48. The van der Waals surface area contributed by atoms with Gasteiger partial charge in [-0.2, -0.15) is 0 Å². The van der Waals surface area contributed by atoms with Gasteiger partial charge in [0, 0.05) is 6.04 Å². The van der Waals surface area contributed by atoms with Crippen LogP contribution in [0.3, 0.4) is 0 Å². The van der Waals surface area contributed by atoms with Gasteiger partial charge in [-0.15, -0.1) is 0 Å². The van der Waals surface area contributed by atoms with Gasteiger partial charge in [-0.3, -0.25) is 9.59 Å². The van der Waals surface area contributed by atoms with Crippen LogP contribution in [-0.2, 0) is 14.3 Å². The van der Waals surface area contributed by atoms with Crippen molar-refractivity contribution < 1.29 is 14.3 Å². The van der Waals surface area contributed by atoms with E-state index in [1.807, 2.05) is 13.8 Å². The van der Waals surface area contributed by atoms with Gasteiger partial charge in [-0.25, -0.2) is 0 Å². The Labute approximate surface area is 109 Å². The van der Waals surface area contributed by atoms with Crippen molar-refractivity contribution in [1.82, 2.24) is 4.90 Å². The molecular formula is C13H24N2O3. The highest BCUT2D eigenvalue weighted by atomic mass is 16.5. The van der Waals surface area contributed by atoms with Gasteiger partial charge in [-0.1, -0.05) is 13.8 Å². The van der Waals surface area contributed by atoms with Crippen molar-refractivity contribution in [1.29, 1.82) is 0 Å².